The molecule has 0 saturated carbocycles. The zero-order valence-corrected chi connectivity index (χ0v) is 11.4. The van der Waals surface area contributed by atoms with Crippen LogP contribution < -0.4 is 0 Å². The monoisotopic (exact) mass is 267 g/mol. The maximum Gasteiger partial charge on any atom is 0.325 e. The van der Waals surface area contributed by atoms with Crippen LogP contribution in [0.3, 0.4) is 0 Å². The highest BCUT2D eigenvalue weighted by atomic mass is 19.1. The van der Waals surface area contributed by atoms with E-state index in [-0.39, 0.29) is 18.5 Å². The molecule has 104 valence electrons. The second-order valence-corrected chi connectivity index (χ2v) is 4.27. The predicted octanol–water partition coefficient (Wildman–Crippen LogP) is 2.24. The molecule has 5 heteroatoms. The lowest BCUT2D eigenvalue weighted by Gasteiger charge is -2.27. The number of carbonyl (C=O) groups is 2. The van der Waals surface area contributed by atoms with Crippen molar-refractivity contribution < 1.29 is 18.7 Å². The van der Waals surface area contributed by atoms with Gasteiger partial charge in [-0.15, -0.1) is 0 Å². The molecule has 0 aliphatic heterocycles. The number of rotatable bonds is 5. The summed E-state index contributed by atoms with van der Waals surface area (Å²) >= 11 is 0. The standard InChI is InChI=1S/C14H18FNO3/c1-4-10(2)16(9-13(17)19-3)14(18)11-5-7-12(15)8-6-11/h5-8,10H,4,9H2,1-3H3/t10-/m1/s1. The summed E-state index contributed by atoms with van der Waals surface area (Å²) in [6, 6.07) is 5.16. The van der Waals surface area contributed by atoms with Gasteiger partial charge in [0, 0.05) is 11.6 Å². The third-order valence-corrected chi connectivity index (χ3v) is 3.00. The van der Waals surface area contributed by atoms with Gasteiger partial charge in [-0.1, -0.05) is 6.92 Å². The molecule has 1 aromatic carbocycles. The van der Waals surface area contributed by atoms with Crippen molar-refractivity contribution >= 4 is 11.9 Å². The largest absolute Gasteiger partial charge is 0.468 e. The van der Waals surface area contributed by atoms with Crippen LogP contribution in [-0.2, 0) is 9.53 Å². The molecule has 1 aromatic rings. The van der Waals surface area contributed by atoms with Gasteiger partial charge in [-0.2, -0.15) is 0 Å². The van der Waals surface area contributed by atoms with Gasteiger partial charge >= 0.3 is 5.97 Å². The fraction of sp³-hybridized carbons (Fsp3) is 0.429. The van der Waals surface area contributed by atoms with E-state index in [0.717, 1.165) is 0 Å². The smallest absolute Gasteiger partial charge is 0.325 e. The SMILES string of the molecule is CC[C@@H](C)N(CC(=O)OC)C(=O)c1ccc(F)cc1. The normalized spacial score (nSPS) is 11.8. The van der Waals surface area contributed by atoms with Crippen molar-refractivity contribution in [3.8, 4) is 0 Å². The van der Waals surface area contributed by atoms with Crippen molar-refractivity contribution in [3.05, 3.63) is 35.6 Å². The summed E-state index contributed by atoms with van der Waals surface area (Å²) in [6.07, 6.45) is 0.712. The van der Waals surface area contributed by atoms with Crippen LogP contribution in [0.5, 0.6) is 0 Å². The molecular formula is C14H18FNO3. The Morgan fingerprint density at radius 3 is 2.37 bits per heavy atom. The summed E-state index contributed by atoms with van der Waals surface area (Å²) in [5.41, 5.74) is 0.352. The number of esters is 1. The molecule has 1 atom stereocenters. The van der Waals surface area contributed by atoms with Crippen LogP contribution >= 0.6 is 0 Å². The highest BCUT2D eigenvalue weighted by Crippen LogP contribution is 2.12. The van der Waals surface area contributed by atoms with Gasteiger partial charge in [-0.3, -0.25) is 9.59 Å². The van der Waals surface area contributed by atoms with Crippen LogP contribution in [0.2, 0.25) is 0 Å². The molecule has 0 spiro atoms. The van der Waals surface area contributed by atoms with Crippen molar-refractivity contribution in [2.45, 2.75) is 26.3 Å². The average molecular weight is 267 g/mol. The highest BCUT2D eigenvalue weighted by Gasteiger charge is 2.23. The minimum Gasteiger partial charge on any atom is -0.468 e. The molecule has 0 aliphatic carbocycles. The van der Waals surface area contributed by atoms with Gasteiger partial charge in [-0.05, 0) is 37.6 Å². The lowest BCUT2D eigenvalue weighted by atomic mass is 10.1. The molecule has 0 aromatic heterocycles. The predicted molar refractivity (Wildman–Crippen MR) is 69.2 cm³/mol. The lowest BCUT2D eigenvalue weighted by Crippen LogP contribution is -2.42. The summed E-state index contributed by atoms with van der Waals surface area (Å²) in [6.45, 7) is 3.67. The summed E-state index contributed by atoms with van der Waals surface area (Å²) < 4.78 is 17.4. The van der Waals surface area contributed by atoms with E-state index in [1.54, 1.807) is 0 Å². The lowest BCUT2D eigenvalue weighted by molar-refractivity contribution is -0.141. The number of ether oxygens (including phenoxy) is 1. The highest BCUT2D eigenvalue weighted by molar-refractivity contribution is 5.96. The van der Waals surface area contributed by atoms with Crippen LogP contribution in [0.1, 0.15) is 30.6 Å². The van der Waals surface area contributed by atoms with E-state index in [2.05, 4.69) is 4.74 Å². The Hall–Kier alpha value is -1.91. The molecule has 1 rings (SSSR count). The first kappa shape index (κ1) is 15.1. The molecule has 0 unspecified atom stereocenters. The van der Waals surface area contributed by atoms with Crippen molar-refractivity contribution in [2.75, 3.05) is 13.7 Å². The number of amides is 1. The van der Waals surface area contributed by atoms with Gasteiger partial charge in [0.1, 0.15) is 12.4 Å². The summed E-state index contributed by atoms with van der Waals surface area (Å²) in [4.78, 5) is 25.1. The number of benzene rings is 1. The Morgan fingerprint density at radius 2 is 1.89 bits per heavy atom. The molecule has 4 nitrogen and oxygen atoms in total. The Balaban J connectivity index is 2.93. The maximum absolute atomic E-state index is 12.8. The third-order valence-electron chi connectivity index (χ3n) is 3.00. The van der Waals surface area contributed by atoms with E-state index in [0.29, 0.717) is 12.0 Å². The number of hydrogen-bond donors (Lipinski definition) is 0. The van der Waals surface area contributed by atoms with Gasteiger partial charge in [-0.25, -0.2) is 4.39 Å². The second-order valence-electron chi connectivity index (χ2n) is 4.27. The first-order chi connectivity index (χ1) is 8.99. The molecule has 0 fully saturated rings. The van der Waals surface area contributed by atoms with Crippen molar-refractivity contribution in [3.63, 3.8) is 0 Å². The van der Waals surface area contributed by atoms with E-state index in [1.807, 2.05) is 13.8 Å². The maximum atomic E-state index is 12.8. The van der Waals surface area contributed by atoms with Crippen LogP contribution in [0, 0.1) is 5.82 Å². The first-order valence-corrected chi connectivity index (χ1v) is 6.13. The van der Waals surface area contributed by atoms with Gasteiger partial charge in [0.05, 0.1) is 7.11 Å². The van der Waals surface area contributed by atoms with E-state index in [9.17, 15) is 14.0 Å². The van der Waals surface area contributed by atoms with Crippen molar-refractivity contribution in [1.82, 2.24) is 4.90 Å². The molecular weight excluding hydrogens is 249 g/mol. The molecule has 0 aliphatic rings. The zero-order valence-electron chi connectivity index (χ0n) is 11.4. The van der Waals surface area contributed by atoms with Gasteiger partial charge < -0.3 is 9.64 Å². The molecule has 0 radical (unpaired) electrons. The van der Waals surface area contributed by atoms with Crippen molar-refractivity contribution in [2.24, 2.45) is 0 Å². The Kier molecular flexibility index (Phi) is 5.48. The second kappa shape index (κ2) is 6.87. The minimum atomic E-state index is -0.476. The number of nitrogens with zero attached hydrogens (tertiary/aromatic N) is 1. The molecule has 0 saturated heterocycles. The van der Waals surface area contributed by atoms with Crippen molar-refractivity contribution in [1.29, 1.82) is 0 Å². The summed E-state index contributed by atoms with van der Waals surface area (Å²) in [5.74, 6) is -1.19. The Labute approximate surface area is 112 Å². The zero-order chi connectivity index (χ0) is 14.4. The first-order valence-electron chi connectivity index (χ1n) is 6.13. The number of methoxy groups -OCH3 is 1. The van der Waals surface area contributed by atoms with Gasteiger partial charge in [0.25, 0.3) is 5.91 Å². The average Bonchev–Trinajstić information content (AvgIpc) is 2.43. The fourth-order valence-corrected chi connectivity index (χ4v) is 1.61. The fourth-order valence-electron chi connectivity index (χ4n) is 1.61. The number of hydrogen-bond acceptors (Lipinski definition) is 3. The van der Waals surface area contributed by atoms with Gasteiger partial charge in [0.15, 0.2) is 0 Å². The van der Waals surface area contributed by atoms with Gasteiger partial charge in [0.2, 0.25) is 0 Å². The molecule has 19 heavy (non-hydrogen) atoms. The Morgan fingerprint density at radius 1 is 1.32 bits per heavy atom. The van der Waals surface area contributed by atoms with Crippen LogP contribution in [0.25, 0.3) is 0 Å². The van der Waals surface area contributed by atoms with Crippen LogP contribution in [0.4, 0.5) is 4.39 Å². The minimum absolute atomic E-state index is 0.100. The molecule has 0 heterocycles. The van der Waals surface area contributed by atoms with E-state index < -0.39 is 11.8 Å². The third kappa shape index (κ3) is 4.05. The Bertz CT molecular complexity index is 445. The quantitative estimate of drug-likeness (QED) is 0.769. The van der Waals surface area contributed by atoms with E-state index in [1.165, 1.54) is 36.3 Å². The van der Waals surface area contributed by atoms with E-state index in [4.69, 9.17) is 0 Å². The number of halogens is 1. The topological polar surface area (TPSA) is 46.6 Å². The van der Waals surface area contributed by atoms with Crippen LogP contribution in [-0.4, -0.2) is 36.5 Å². The summed E-state index contributed by atoms with van der Waals surface area (Å²) in [7, 11) is 1.28. The summed E-state index contributed by atoms with van der Waals surface area (Å²) in [5, 5.41) is 0. The molecule has 1 amide bonds. The molecule has 0 N–H and O–H groups in total. The van der Waals surface area contributed by atoms with Crippen LogP contribution in [0.15, 0.2) is 24.3 Å². The van der Waals surface area contributed by atoms with E-state index >= 15 is 0 Å². The molecule has 0 bridgehead atoms. The number of carbonyl (C=O) groups excluding carboxylic acids is 2.